The molecule has 2 aromatic rings. The molecule has 0 saturated carbocycles. The lowest BCUT2D eigenvalue weighted by molar-refractivity contribution is -0.123. The molecule has 0 aliphatic heterocycles. The average molecular weight is 268 g/mol. The molecule has 0 saturated heterocycles. The number of nitrogens with one attached hydrogen (secondary N) is 1. The highest BCUT2D eigenvalue weighted by Gasteiger charge is 2.17. The Morgan fingerprint density at radius 1 is 1.25 bits per heavy atom. The second-order valence-corrected chi connectivity index (χ2v) is 4.49. The van der Waals surface area contributed by atoms with Crippen LogP contribution in [0.25, 0.3) is 0 Å². The molecule has 0 fully saturated rings. The van der Waals surface area contributed by atoms with Gasteiger partial charge in [0.2, 0.25) is 5.91 Å². The normalized spacial score (nSPS) is 11.6. The fourth-order valence-corrected chi connectivity index (χ4v) is 1.93. The van der Waals surface area contributed by atoms with Gasteiger partial charge in [0, 0.05) is 13.0 Å². The first-order chi connectivity index (χ1) is 9.79. The predicted molar refractivity (Wildman–Crippen MR) is 74.7 cm³/mol. The van der Waals surface area contributed by atoms with Crippen molar-refractivity contribution in [3.05, 3.63) is 60.1 Å². The lowest BCUT2D eigenvalue weighted by Crippen LogP contribution is -2.32. The van der Waals surface area contributed by atoms with Crippen LogP contribution in [0.3, 0.4) is 0 Å². The van der Waals surface area contributed by atoms with Crippen molar-refractivity contribution in [3.8, 4) is 6.07 Å². The lowest BCUT2D eigenvalue weighted by Gasteiger charge is -2.09. The molecule has 1 amide bonds. The summed E-state index contributed by atoms with van der Waals surface area (Å²) in [5.74, 6) is -0.0706. The van der Waals surface area contributed by atoms with Gasteiger partial charge < -0.3 is 9.73 Å². The van der Waals surface area contributed by atoms with Gasteiger partial charge in [-0.05, 0) is 24.1 Å². The molecule has 0 aliphatic rings. The molecule has 0 spiro atoms. The van der Waals surface area contributed by atoms with Crippen LogP contribution in [0.4, 0.5) is 0 Å². The Morgan fingerprint density at radius 2 is 2.05 bits per heavy atom. The van der Waals surface area contributed by atoms with E-state index in [0.717, 1.165) is 11.3 Å². The molecule has 1 aromatic heterocycles. The number of carbonyl (C=O) groups excluding carboxylic acids is 1. The van der Waals surface area contributed by atoms with Crippen molar-refractivity contribution in [3.63, 3.8) is 0 Å². The molecule has 20 heavy (non-hydrogen) atoms. The van der Waals surface area contributed by atoms with Gasteiger partial charge in [-0.25, -0.2) is 0 Å². The highest BCUT2D eigenvalue weighted by atomic mass is 16.3. The van der Waals surface area contributed by atoms with Crippen molar-refractivity contribution in [2.24, 2.45) is 5.92 Å². The van der Waals surface area contributed by atoms with Crippen molar-refractivity contribution < 1.29 is 9.21 Å². The minimum Gasteiger partial charge on any atom is -0.469 e. The molecule has 4 heteroatoms. The fourth-order valence-electron chi connectivity index (χ4n) is 1.93. The maximum atomic E-state index is 11.9. The van der Waals surface area contributed by atoms with Gasteiger partial charge in [0.1, 0.15) is 11.7 Å². The van der Waals surface area contributed by atoms with E-state index >= 15 is 0 Å². The van der Waals surface area contributed by atoms with Crippen molar-refractivity contribution in [2.45, 2.75) is 12.8 Å². The van der Waals surface area contributed by atoms with Crippen molar-refractivity contribution in [1.82, 2.24) is 5.32 Å². The Labute approximate surface area is 118 Å². The Morgan fingerprint density at radius 3 is 2.70 bits per heavy atom. The van der Waals surface area contributed by atoms with Crippen LogP contribution in [0.1, 0.15) is 11.3 Å². The summed E-state index contributed by atoms with van der Waals surface area (Å²) in [4.78, 5) is 11.9. The fraction of sp³-hybridized carbons (Fsp3) is 0.250. The van der Waals surface area contributed by atoms with Crippen LogP contribution in [0, 0.1) is 17.2 Å². The second kappa shape index (κ2) is 7.15. The van der Waals surface area contributed by atoms with Crippen LogP contribution < -0.4 is 5.32 Å². The van der Waals surface area contributed by atoms with E-state index in [9.17, 15) is 4.79 Å². The molecule has 1 aromatic carbocycles. The van der Waals surface area contributed by atoms with Crippen LogP contribution >= 0.6 is 0 Å². The zero-order chi connectivity index (χ0) is 14.2. The molecule has 1 atom stereocenters. The zero-order valence-corrected chi connectivity index (χ0v) is 11.1. The molecule has 4 nitrogen and oxygen atoms in total. The Kier molecular flexibility index (Phi) is 4.96. The Bertz CT molecular complexity index is 570. The standard InChI is InChI=1S/C16H16N2O2/c17-12-14(11-13-5-2-1-3-6-13)16(19)18-9-8-15-7-4-10-20-15/h1-7,10,14H,8-9,11H2,(H,18,19). The van der Waals surface area contributed by atoms with E-state index in [4.69, 9.17) is 9.68 Å². The van der Waals surface area contributed by atoms with E-state index in [2.05, 4.69) is 11.4 Å². The number of hydrogen-bond acceptors (Lipinski definition) is 3. The molecule has 0 radical (unpaired) electrons. The maximum Gasteiger partial charge on any atom is 0.237 e. The molecule has 0 aliphatic carbocycles. The van der Waals surface area contributed by atoms with E-state index in [1.165, 1.54) is 0 Å². The van der Waals surface area contributed by atoms with Crippen LogP contribution in [-0.2, 0) is 17.6 Å². The molecular weight excluding hydrogens is 252 g/mol. The van der Waals surface area contributed by atoms with E-state index in [1.807, 2.05) is 42.5 Å². The molecular formula is C16H16N2O2. The zero-order valence-electron chi connectivity index (χ0n) is 11.1. The van der Waals surface area contributed by atoms with Crippen LogP contribution in [0.15, 0.2) is 53.1 Å². The second-order valence-electron chi connectivity index (χ2n) is 4.49. The van der Waals surface area contributed by atoms with E-state index < -0.39 is 5.92 Å². The summed E-state index contributed by atoms with van der Waals surface area (Å²) in [6.45, 7) is 0.472. The molecule has 102 valence electrons. The van der Waals surface area contributed by atoms with Gasteiger partial charge >= 0.3 is 0 Å². The summed E-state index contributed by atoms with van der Waals surface area (Å²) < 4.78 is 5.18. The van der Waals surface area contributed by atoms with Crippen molar-refractivity contribution in [2.75, 3.05) is 6.54 Å². The third-order valence-corrected chi connectivity index (χ3v) is 3.01. The highest BCUT2D eigenvalue weighted by molar-refractivity contribution is 5.81. The Balaban J connectivity index is 1.82. The van der Waals surface area contributed by atoms with Gasteiger partial charge in [0.25, 0.3) is 0 Å². The Hall–Kier alpha value is -2.54. The van der Waals surface area contributed by atoms with Crippen LogP contribution in [0.5, 0.6) is 0 Å². The van der Waals surface area contributed by atoms with Gasteiger partial charge in [-0.1, -0.05) is 30.3 Å². The third-order valence-electron chi connectivity index (χ3n) is 3.01. The molecule has 1 heterocycles. The number of rotatable bonds is 6. The number of amides is 1. The first-order valence-corrected chi connectivity index (χ1v) is 6.53. The summed E-state index contributed by atoms with van der Waals surface area (Å²) in [6.07, 6.45) is 2.66. The predicted octanol–water partition coefficient (Wildman–Crippen LogP) is 2.32. The largest absolute Gasteiger partial charge is 0.469 e. The molecule has 1 unspecified atom stereocenters. The average Bonchev–Trinajstić information content (AvgIpc) is 2.99. The lowest BCUT2D eigenvalue weighted by atomic mass is 10.00. The number of nitriles is 1. The van der Waals surface area contributed by atoms with Gasteiger partial charge in [-0.2, -0.15) is 5.26 Å². The molecule has 2 rings (SSSR count). The first kappa shape index (κ1) is 13.9. The highest BCUT2D eigenvalue weighted by Crippen LogP contribution is 2.08. The minimum atomic E-state index is -0.658. The number of carbonyl (C=O) groups is 1. The summed E-state index contributed by atoms with van der Waals surface area (Å²) in [6, 6.07) is 15.3. The molecule has 1 N–H and O–H groups in total. The first-order valence-electron chi connectivity index (χ1n) is 6.53. The van der Waals surface area contributed by atoms with Gasteiger partial charge in [-0.15, -0.1) is 0 Å². The van der Waals surface area contributed by atoms with E-state index in [0.29, 0.717) is 19.4 Å². The quantitative estimate of drug-likeness (QED) is 0.874. The van der Waals surface area contributed by atoms with Gasteiger partial charge in [0.05, 0.1) is 12.3 Å². The number of benzene rings is 1. The summed E-state index contributed by atoms with van der Waals surface area (Å²) in [5.41, 5.74) is 0.986. The van der Waals surface area contributed by atoms with Crippen LogP contribution in [-0.4, -0.2) is 12.5 Å². The maximum absolute atomic E-state index is 11.9. The van der Waals surface area contributed by atoms with Crippen molar-refractivity contribution in [1.29, 1.82) is 5.26 Å². The topological polar surface area (TPSA) is 66.0 Å². The monoisotopic (exact) mass is 268 g/mol. The summed E-state index contributed by atoms with van der Waals surface area (Å²) in [7, 11) is 0. The van der Waals surface area contributed by atoms with E-state index in [-0.39, 0.29) is 5.91 Å². The third kappa shape index (κ3) is 3.99. The van der Waals surface area contributed by atoms with Crippen molar-refractivity contribution >= 4 is 5.91 Å². The van der Waals surface area contributed by atoms with Gasteiger partial charge in [0.15, 0.2) is 0 Å². The smallest absolute Gasteiger partial charge is 0.237 e. The minimum absolute atomic E-state index is 0.233. The summed E-state index contributed by atoms with van der Waals surface area (Å²) >= 11 is 0. The van der Waals surface area contributed by atoms with E-state index in [1.54, 1.807) is 6.26 Å². The number of furan rings is 1. The molecule has 0 bridgehead atoms. The SMILES string of the molecule is N#CC(Cc1ccccc1)C(=O)NCCc1ccco1. The number of nitrogens with zero attached hydrogens (tertiary/aromatic N) is 1. The number of hydrogen-bond donors (Lipinski definition) is 1. The van der Waals surface area contributed by atoms with Gasteiger partial charge in [-0.3, -0.25) is 4.79 Å². The van der Waals surface area contributed by atoms with Crippen LogP contribution in [0.2, 0.25) is 0 Å². The summed E-state index contributed by atoms with van der Waals surface area (Å²) in [5, 5.41) is 11.9.